The number of methoxy groups -OCH3 is 1. The molecule has 0 saturated carbocycles. The molecule has 0 heterocycles. The van der Waals surface area contributed by atoms with E-state index in [0.29, 0.717) is 15.1 Å². The van der Waals surface area contributed by atoms with Gasteiger partial charge in [-0.05, 0) is 36.4 Å². The summed E-state index contributed by atoms with van der Waals surface area (Å²) in [5.74, 6) is -0.164. The summed E-state index contributed by atoms with van der Waals surface area (Å²) in [7, 11) is -2.65. The number of carbonyl (C=O) groups excluding carboxylic acids is 1. The molecule has 0 amide bonds. The molecule has 8 heteroatoms. The van der Waals surface area contributed by atoms with Crippen molar-refractivity contribution in [2.24, 2.45) is 0 Å². The van der Waals surface area contributed by atoms with Gasteiger partial charge in [-0.1, -0.05) is 57.9 Å². The summed E-state index contributed by atoms with van der Waals surface area (Å²) in [4.78, 5) is 12.8. The number of rotatable bonds is 6. The van der Waals surface area contributed by atoms with Crippen molar-refractivity contribution in [1.29, 1.82) is 0 Å². The molecule has 144 valence electrons. The van der Waals surface area contributed by atoms with Crippen molar-refractivity contribution in [3.8, 4) is 5.75 Å². The maximum absolute atomic E-state index is 13.0. The summed E-state index contributed by atoms with van der Waals surface area (Å²) < 4.78 is 34.2. The van der Waals surface area contributed by atoms with Crippen molar-refractivity contribution >= 4 is 49.0 Å². The largest absolute Gasteiger partial charge is 0.495 e. The molecule has 0 aromatic heterocycles. The van der Waals surface area contributed by atoms with Gasteiger partial charge in [0, 0.05) is 20.6 Å². The van der Waals surface area contributed by atoms with Gasteiger partial charge in [-0.2, -0.15) is 0 Å². The van der Waals surface area contributed by atoms with Crippen LogP contribution in [0.15, 0.2) is 76.1 Å². The first-order valence-electron chi connectivity index (χ1n) is 8.07. The van der Waals surface area contributed by atoms with Crippen LogP contribution in [0, 0.1) is 0 Å². The van der Waals surface area contributed by atoms with E-state index in [9.17, 15) is 13.2 Å². The van der Waals surface area contributed by atoms with Crippen molar-refractivity contribution in [3.63, 3.8) is 0 Å². The van der Waals surface area contributed by atoms with Crippen LogP contribution in [0.3, 0.4) is 0 Å². The van der Waals surface area contributed by atoms with Crippen LogP contribution in [0.5, 0.6) is 5.75 Å². The molecule has 28 heavy (non-hydrogen) atoms. The Morgan fingerprint density at radius 1 is 1.04 bits per heavy atom. The Bertz CT molecular complexity index is 1130. The molecule has 1 N–H and O–H groups in total. The molecule has 3 aromatic rings. The molecule has 0 aliphatic heterocycles. The van der Waals surface area contributed by atoms with Crippen molar-refractivity contribution < 1.29 is 17.9 Å². The smallest absolute Gasteiger partial charge is 0.265 e. The van der Waals surface area contributed by atoms with Crippen molar-refractivity contribution in [3.05, 3.63) is 87.4 Å². The van der Waals surface area contributed by atoms with Gasteiger partial charge in [-0.3, -0.25) is 9.52 Å². The molecule has 5 nitrogen and oxygen atoms in total. The minimum Gasteiger partial charge on any atom is -0.495 e. The van der Waals surface area contributed by atoms with Crippen molar-refractivity contribution in [2.45, 2.75) is 4.90 Å². The molecule has 0 bridgehead atoms. The van der Waals surface area contributed by atoms with Gasteiger partial charge < -0.3 is 4.74 Å². The number of anilines is 1. The van der Waals surface area contributed by atoms with Crippen LogP contribution < -0.4 is 9.46 Å². The van der Waals surface area contributed by atoms with E-state index < -0.39 is 10.0 Å². The Kier molecular flexibility index (Phi) is 6.07. The fourth-order valence-corrected chi connectivity index (χ4v) is 4.56. The summed E-state index contributed by atoms with van der Waals surface area (Å²) in [5, 5.41) is 0.322. The lowest BCUT2D eigenvalue weighted by Crippen LogP contribution is -2.17. The van der Waals surface area contributed by atoms with Gasteiger partial charge in [-0.25, -0.2) is 8.42 Å². The number of ketones is 1. The molecule has 0 aliphatic carbocycles. The molecule has 0 atom stereocenters. The number of hydrogen-bond donors (Lipinski definition) is 1. The highest BCUT2D eigenvalue weighted by Crippen LogP contribution is 2.31. The van der Waals surface area contributed by atoms with Gasteiger partial charge in [0.05, 0.1) is 12.8 Å². The number of halogens is 2. The number of carbonyl (C=O) groups is 1. The highest BCUT2D eigenvalue weighted by atomic mass is 79.9. The van der Waals surface area contributed by atoms with Crippen LogP contribution in [0.2, 0.25) is 5.02 Å². The van der Waals surface area contributed by atoms with E-state index in [-0.39, 0.29) is 27.7 Å². The number of sulfonamides is 1. The molecule has 3 rings (SSSR count). The van der Waals surface area contributed by atoms with E-state index >= 15 is 0 Å². The molecule has 0 aliphatic rings. The average molecular weight is 481 g/mol. The molecular weight excluding hydrogens is 466 g/mol. The second-order valence-corrected chi connectivity index (χ2v) is 8.79. The zero-order valence-corrected chi connectivity index (χ0v) is 17.8. The predicted octanol–water partition coefficient (Wildman–Crippen LogP) is 5.14. The first-order chi connectivity index (χ1) is 13.3. The van der Waals surface area contributed by atoms with E-state index in [4.69, 9.17) is 16.3 Å². The SMILES string of the molecule is COc1ccc(Br)cc1S(=O)(=O)Nc1ccc(Cl)cc1C(=O)c1ccccc1. The number of nitrogens with one attached hydrogen (secondary N) is 1. The summed E-state index contributed by atoms with van der Waals surface area (Å²) in [6, 6.07) is 17.6. The maximum atomic E-state index is 13.0. The van der Waals surface area contributed by atoms with Gasteiger partial charge >= 0.3 is 0 Å². The highest BCUT2D eigenvalue weighted by Gasteiger charge is 2.23. The van der Waals surface area contributed by atoms with Crippen LogP contribution in [-0.2, 0) is 10.0 Å². The molecule has 0 fully saturated rings. The normalized spacial score (nSPS) is 11.1. The van der Waals surface area contributed by atoms with Gasteiger partial charge in [0.2, 0.25) is 0 Å². The minimum atomic E-state index is -4.03. The number of ether oxygens (including phenoxy) is 1. The fraction of sp³-hybridized carbons (Fsp3) is 0.0500. The van der Waals surface area contributed by atoms with E-state index in [1.54, 1.807) is 36.4 Å². The Hall–Kier alpha value is -2.35. The van der Waals surface area contributed by atoms with Crippen LogP contribution in [-0.4, -0.2) is 21.3 Å². The number of benzene rings is 3. The lowest BCUT2D eigenvalue weighted by atomic mass is 10.0. The highest BCUT2D eigenvalue weighted by molar-refractivity contribution is 9.10. The zero-order valence-electron chi connectivity index (χ0n) is 14.6. The monoisotopic (exact) mass is 479 g/mol. The van der Waals surface area contributed by atoms with Gasteiger partial charge in [0.1, 0.15) is 10.6 Å². The summed E-state index contributed by atoms with van der Waals surface area (Å²) in [6.07, 6.45) is 0. The van der Waals surface area contributed by atoms with Gasteiger partial charge in [0.15, 0.2) is 5.78 Å². The maximum Gasteiger partial charge on any atom is 0.265 e. The quantitative estimate of drug-likeness (QED) is 0.496. The van der Waals surface area contributed by atoms with Crippen LogP contribution in [0.1, 0.15) is 15.9 Å². The zero-order chi connectivity index (χ0) is 20.3. The third-order valence-electron chi connectivity index (χ3n) is 3.92. The third-order valence-corrected chi connectivity index (χ3v) is 6.04. The Labute approximate surface area is 176 Å². The van der Waals surface area contributed by atoms with Gasteiger partial charge in [0.25, 0.3) is 10.0 Å². The molecule has 0 saturated heterocycles. The van der Waals surface area contributed by atoms with E-state index in [0.717, 1.165) is 0 Å². The lowest BCUT2D eigenvalue weighted by molar-refractivity contribution is 0.103. The second-order valence-electron chi connectivity index (χ2n) is 5.79. The molecule has 0 radical (unpaired) electrons. The topological polar surface area (TPSA) is 72.5 Å². The van der Waals surface area contributed by atoms with Crippen LogP contribution in [0.25, 0.3) is 0 Å². The minimum absolute atomic E-state index is 0.0579. The standard InChI is InChI=1S/C20H15BrClNO4S/c1-27-18-10-7-14(21)11-19(18)28(25,26)23-17-9-8-15(22)12-16(17)20(24)13-5-3-2-4-6-13/h2-12,23H,1H3. The molecular formula is C20H15BrClNO4S. The fourth-order valence-electron chi connectivity index (χ4n) is 2.60. The van der Waals surface area contributed by atoms with E-state index in [1.807, 2.05) is 0 Å². The first kappa shape index (κ1) is 20.4. The van der Waals surface area contributed by atoms with E-state index in [2.05, 4.69) is 20.7 Å². The van der Waals surface area contributed by atoms with Crippen molar-refractivity contribution in [2.75, 3.05) is 11.8 Å². The Balaban J connectivity index is 2.06. The molecule has 0 unspecified atom stereocenters. The number of hydrogen-bond acceptors (Lipinski definition) is 4. The Morgan fingerprint density at radius 2 is 1.75 bits per heavy atom. The van der Waals surface area contributed by atoms with Crippen LogP contribution >= 0.6 is 27.5 Å². The predicted molar refractivity (Wildman–Crippen MR) is 113 cm³/mol. The molecule has 0 spiro atoms. The van der Waals surface area contributed by atoms with E-state index in [1.165, 1.54) is 37.4 Å². The Morgan fingerprint density at radius 3 is 2.43 bits per heavy atom. The third kappa shape index (κ3) is 4.38. The van der Waals surface area contributed by atoms with Crippen LogP contribution in [0.4, 0.5) is 5.69 Å². The van der Waals surface area contributed by atoms with Crippen molar-refractivity contribution in [1.82, 2.24) is 0 Å². The average Bonchev–Trinajstić information content (AvgIpc) is 2.69. The van der Waals surface area contributed by atoms with Gasteiger partial charge in [-0.15, -0.1) is 0 Å². The first-order valence-corrected chi connectivity index (χ1v) is 10.7. The lowest BCUT2D eigenvalue weighted by Gasteiger charge is -2.15. The molecule has 3 aromatic carbocycles. The second kappa shape index (κ2) is 8.34. The summed E-state index contributed by atoms with van der Waals surface area (Å²) in [5.41, 5.74) is 0.696. The summed E-state index contributed by atoms with van der Waals surface area (Å²) in [6.45, 7) is 0. The summed E-state index contributed by atoms with van der Waals surface area (Å²) >= 11 is 9.31.